The summed E-state index contributed by atoms with van der Waals surface area (Å²) in [7, 11) is 2.01. The van der Waals surface area contributed by atoms with Crippen molar-refractivity contribution in [1.29, 1.82) is 0 Å². The van der Waals surface area contributed by atoms with Crippen molar-refractivity contribution >= 4 is 11.6 Å². The third-order valence-corrected chi connectivity index (χ3v) is 6.58. The Morgan fingerprint density at radius 1 is 1.18 bits per heavy atom. The number of hydrogen-bond donors (Lipinski definition) is 0. The van der Waals surface area contributed by atoms with Crippen LogP contribution in [-0.2, 0) is 11.3 Å². The molecule has 152 valence electrons. The van der Waals surface area contributed by atoms with Crippen LogP contribution in [0, 0.1) is 0 Å². The minimum absolute atomic E-state index is 0.0238. The van der Waals surface area contributed by atoms with E-state index in [1.807, 2.05) is 36.3 Å². The molecular weight excluding hydrogens is 350 g/mol. The van der Waals surface area contributed by atoms with Gasteiger partial charge in [0.2, 0.25) is 5.91 Å². The van der Waals surface area contributed by atoms with Crippen molar-refractivity contribution in [2.45, 2.75) is 57.7 Å². The molecule has 0 aromatic carbocycles. The molecule has 1 saturated heterocycles. The van der Waals surface area contributed by atoms with Gasteiger partial charge in [-0.05, 0) is 31.9 Å². The normalized spacial score (nSPS) is 21.1. The van der Waals surface area contributed by atoms with Crippen molar-refractivity contribution in [2.24, 2.45) is 0 Å². The number of aromatic nitrogens is 2. The predicted octanol–water partition coefficient (Wildman–Crippen LogP) is 2.63. The van der Waals surface area contributed by atoms with Gasteiger partial charge >= 0.3 is 0 Å². The number of hydrogen-bond acceptors (Lipinski definition) is 4. The zero-order chi connectivity index (χ0) is 19.5. The number of pyridine rings is 1. The van der Waals surface area contributed by atoms with Crippen LogP contribution in [0.4, 0.5) is 0 Å². The molecule has 1 unspecified atom stereocenters. The molecule has 0 radical (unpaired) electrons. The van der Waals surface area contributed by atoms with Gasteiger partial charge in [-0.1, -0.05) is 25.3 Å². The summed E-state index contributed by atoms with van der Waals surface area (Å²) in [5, 5.41) is 0. The maximum absolute atomic E-state index is 13.0. The second kappa shape index (κ2) is 8.62. The maximum Gasteiger partial charge on any atom is 0.239 e. The van der Waals surface area contributed by atoms with Gasteiger partial charge in [0.1, 0.15) is 5.65 Å². The number of carbonyl (C=O) groups excluding carboxylic acids is 1. The van der Waals surface area contributed by atoms with Crippen LogP contribution in [0.15, 0.2) is 30.6 Å². The van der Waals surface area contributed by atoms with E-state index in [9.17, 15) is 4.79 Å². The zero-order valence-electron chi connectivity index (χ0n) is 17.3. The molecule has 2 fully saturated rings. The number of imidazole rings is 1. The first-order chi connectivity index (χ1) is 13.6. The minimum atomic E-state index is -0.0238. The van der Waals surface area contributed by atoms with Gasteiger partial charge in [0.25, 0.3) is 0 Å². The van der Waals surface area contributed by atoms with E-state index in [0.717, 1.165) is 44.1 Å². The summed E-state index contributed by atoms with van der Waals surface area (Å²) in [5.41, 5.74) is 2.11. The molecule has 2 aliphatic rings. The van der Waals surface area contributed by atoms with Crippen LogP contribution in [0.3, 0.4) is 0 Å². The molecule has 28 heavy (non-hydrogen) atoms. The van der Waals surface area contributed by atoms with Gasteiger partial charge in [0, 0.05) is 58.2 Å². The van der Waals surface area contributed by atoms with E-state index < -0.39 is 0 Å². The van der Waals surface area contributed by atoms with Crippen molar-refractivity contribution in [3.05, 3.63) is 36.3 Å². The molecular formula is C22H33N5O. The summed E-state index contributed by atoms with van der Waals surface area (Å²) in [5.74, 6) is 0.292. The molecule has 1 amide bonds. The fourth-order valence-electron chi connectivity index (χ4n) is 4.70. The molecule has 1 aliphatic heterocycles. The first kappa shape index (κ1) is 19.4. The van der Waals surface area contributed by atoms with Crippen molar-refractivity contribution in [2.75, 3.05) is 33.2 Å². The highest BCUT2D eigenvalue weighted by molar-refractivity contribution is 5.81. The molecule has 6 heteroatoms. The SMILES string of the molecule is CC(C(=O)N(C)C1CCCCC1)N1CCN(Cc2cn3ccccc3n2)CC1. The fraction of sp³-hybridized carbons (Fsp3) is 0.636. The summed E-state index contributed by atoms with van der Waals surface area (Å²) in [6.45, 7) is 6.81. The summed E-state index contributed by atoms with van der Waals surface area (Å²) in [6.07, 6.45) is 10.3. The Morgan fingerprint density at radius 3 is 2.64 bits per heavy atom. The highest BCUT2D eigenvalue weighted by Gasteiger charge is 2.30. The lowest BCUT2D eigenvalue weighted by Gasteiger charge is -2.40. The number of likely N-dealkylation sites (N-methyl/N-ethyl adjacent to an activating group) is 1. The molecule has 3 heterocycles. The highest BCUT2D eigenvalue weighted by Crippen LogP contribution is 2.23. The Labute approximate surface area is 168 Å². The van der Waals surface area contributed by atoms with Gasteiger partial charge in [-0.2, -0.15) is 0 Å². The largest absolute Gasteiger partial charge is 0.341 e. The monoisotopic (exact) mass is 383 g/mol. The van der Waals surface area contributed by atoms with Gasteiger partial charge in [0.05, 0.1) is 11.7 Å². The lowest BCUT2D eigenvalue weighted by molar-refractivity contribution is -0.138. The number of fused-ring (bicyclic) bond motifs is 1. The highest BCUT2D eigenvalue weighted by atomic mass is 16.2. The standard InChI is InChI=1S/C22H33N5O/c1-18(22(28)24(2)20-8-4-3-5-9-20)26-14-12-25(13-15-26)16-19-17-27-11-7-6-10-21(27)23-19/h6-7,10-11,17-18,20H,3-5,8-9,12-16H2,1-2H3. The molecule has 2 aromatic rings. The number of carbonyl (C=O) groups is 1. The van der Waals surface area contributed by atoms with E-state index in [1.165, 1.54) is 32.1 Å². The lowest BCUT2D eigenvalue weighted by Crippen LogP contribution is -2.55. The first-order valence-electron chi connectivity index (χ1n) is 10.8. The average Bonchev–Trinajstić information content (AvgIpc) is 3.15. The topological polar surface area (TPSA) is 44.1 Å². The zero-order valence-corrected chi connectivity index (χ0v) is 17.3. The Balaban J connectivity index is 1.28. The van der Waals surface area contributed by atoms with Gasteiger partial charge in [0.15, 0.2) is 0 Å². The number of nitrogens with zero attached hydrogens (tertiary/aromatic N) is 5. The van der Waals surface area contributed by atoms with Crippen LogP contribution >= 0.6 is 0 Å². The fourth-order valence-corrected chi connectivity index (χ4v) is 4.70. The first-order valence-corrected chi connectivity index (χ1v) is 10.8. The van der Waals surface area contributed by atoms with Crippen molar-refractivity contribution in [3.63, 3.8) is 0 Å². The molecule has 0 bridgehead atoms. The van der Waals surface area contributed by atoms with Gasteiger partial charge in [-0.25, -0.2) is 4.98 Å². The Kier molecular flexibility index (Phi) is 5.97. The molecule has 2 aromatic heterocycles. The van der Waals surface area contributed by atoms with Crippen molar-refractivity contribution < 1.29 is 4.79 Å². The van der Waals surface area contributed by atoms with Gasteiger partial charge < -0.3 is 9.30 Å². The molecule has 1 saturated carbocycles. The van der Waals surface area contributed by atoms with E-state index in [4.69, 9.17) is 4.98 Å². The second-order valence-electron chi connectivity index (χ2n) is 8.43. The molecule has 4 rings (SSSR count). The molecule has 6 nitrogen and oxygen atoms in total. The molecule has 1 aliphatic carbocycles. The van der Waals surface area contributed by atoms with E-state index in [1.54, 1.807) is 0 Å². The summed E-state index contributed by atoms with van der Waals surface area (Å²) >= 11 is 0. The van der Waals surface area contributed by atoms with Crippen LogP contribution in [0.2, 0.25) is 0 Å². The maximum atomic E-state index is 13.0. The van der Waals surface area contributed by atoms with Crippen LogP contribution in [0.1, 0.15) is 44.7 Å². The van der Waals surface area contributed by atoms with E-state index in [2.05, 4.69) is 27.3 Å². The third kappa shape index (κ3) is 4.23. The smallest absolute Gasteiger partial charge is 0.239 e. The van der Waals surface area contributed by atoms with Crippen LogP contribution < -0.4 is 0 Å². The van der Waals surface area contributed by atoms with Gasteiger partial charge in [-0.15, -0.1) is 0 Å². The van der Waals surface area contributed by atoms with Crippen LogP contribution in [-0.4, -0.2) is 75.3 Å². The van der Waals surface area contributed by atoms with Crippen LogP contribution in [0.5, 0.6) is 0 Å². The van der Waals surface area contributed by atoms with Crippen LogP contribution in [0.25, 0.3) is 5.65 Å². The van der Waals surface area contributed by atoms with Gasteiger partial charge in [-0.3, -0.25) is 14.6 Å². The number of piperazine rings is 1. The summed E-state index contributed by atoms with van der Waals surface area (Å²) in [4.78, 5) is 24.5. The minimum Gasteiger partial charge on any atom is -0.341 e. The number of rotatable bonds is 5. The summed E-state index contributed by atoms with van der Waals surface area (Å²) < 4.78 is 2.08. The Bertz CT molecular complexity index is 756. The van der Waals surface area contributed by atoms with E-state index in [0.29, 0.717) is 11.9 Å². The average molecular weight is 384 g/mol. The predicted molar refractivity (Wildman–Crippen MR) is 111 cm³/mol. The molecule has 0 N–H and O–H groups in total. The van der Waals surface area contributed by atoms with E-state index in [-0.39, 0.29) is 6.04 Å². The van der Waals surface area contributed by atoms with E-state index >= 15 is 0 Å². The second-order valence-corrected chi connectivity index (χ2v) is 8.43. The summed E-state index contributed by atoms with van der Waals surface area (Å²) in [6, 6.07) is 6.51. The molecule has 1 atom stereocenters. The van der Waals surface area contributed by atoms with Crippen molar-refractivity contribution in [1.82, 2.24) is 24.1 Å². The quantitative estimate of drug-likeness (QED) is 0.796. The Hall–Kier alpha value is -1.92. The Morgan fingerprint density at radius 2 is 1.93 bits per heavy atom. The number of amides is 1. The molecule has 0 spiro atoms. The lowest BCUT2D eigenvalue weighted by atomic mass is 9.94. The van der Waals surface area contributed by atoms with Crippen molar-refractivity contribution in [3.8, 4) is 0 Å². The third-order valence-electron chi connectivity index (χ3n) is 6.58.